The van der Waals surface area contributed by atoms with Gasteiger partial charge in [-0.1, -0.05) is 12.1 Å². The van der Waals surface area contributed by atoms with Gasteiger partial charge in [-0.2, -0.15) is 0 Å². The van der Waals surface area contributed by atoms with Gasteiger partial charge in [0.2, 0.25) is 0 Å². The fraction of sp³-hybridized carbons (Fsp3) is 0.261. The molecule has 4 rings (SSSR count). The molecular formula is C23H23N5O4. The van der Waals surface area contributed by atoms with E-state index in [0.29, 0.717) is 37.3 Å². The van der Waals surface area contributed by atoms with Gasteiger partial charge in [0, 0.05) is 48.9 Å². The summed E-state index contributed by atoms with van der Waals surface area (Å²) in [7, 11) is 1.63. The van der Waals surface area contributed by atoms with Crippen molar-refractivity contribution in [2.24, 2.45) is 0 Å². The number of carbonyl (C=O) groups is 1. The lowest BCUT2D eigenvalue weighted by Gasteiger charge is -2.35. The maximum absolute atomic E-state index is 12.8. The quantitative estimate of drug-likeness (QED) is 0.449. The van der Waals surface area contributed by atoms with Crippen LogP contribution in [0.1, 0.15) is 15.9 Å². The Morgan fingerprint density at radius 3 is 2.44 bits per heavy atom. The summed E-state index contributed by atoms with van der Waals surface area (Å²) in [4.78, 5) is 27.2. The molecule has 2 heterocycles. The van der Waals surface area contributed by atoms with Gasteiger partial charge in [-0.15, -0.1) is 10.2 Å². The third-order valence-corrected chi connectivity index (χ3v) is 5.55. The molecule has 0 N–H and O–H groups in total. The van der Waals surface area contributed by atoms with Crippen LogP contribution in [0.25, 0.3) is 11.3 Å². The van der Waals surface area contributed by atoms with Crippen LogP contribution in [0.3, 0.4) is 0 Å². The summed E-state index contributed by atoms with van der Waals surface area (Å²) >= 11 is 0. The highest BCUT2D eigenvalue weighted by molar-refractivity contribution is 5.95. The van der Waals surface area contributed by atoms with Gasteiger partial charge in [0.05, 0.1) is 17.7 Å². The van der Waals surface area contributed by atoms with Crippen LogP contribution in [0.15, 0.2) is 54.6 Å². The SMILES string of the molecule is COc1cccc(-c2ccc(N3CCN(C(=O)c4ccc([N+](=O)[O-])c(C)c4)CC3)nn2)c1. The molecule has 1 saturated heterocycles. The number of rotatable bonds is 5. The van der Waals surface area contributed by atoms with Crippen molar-refractivity contribution >= 4 is 17.4 Å². The molecule has 164 valence electrons. The summed E-state index contributed by atoms with van der Waals surface area (Å²) in [6, 6.07) is 16.0. The van der Waals surface area contributed by atoms with Crippen LogP contribution in [0, 0.1) is 17.0 Å². The predicted octanol–water partition coefficient (Wildman–Crippen LogP) is 3.33. The number of hydrogen-bond acceptors (Lipinski definition) is 7. The number of hydrogen-bond donors (Lipinski definition) is 0. The summed E-state index contributed by atoms with van der Waals surface area (Å²) in [6.07, 6.45) is 0. The Kier molecular flexibility index (Phi) is 5.98. The van der Waals surface area contributed by atoms with E-state index in [-0.39, 0.29) is 11.6 Å². The van der Waals surface area contributed by atoms with Gasteiger partial charge in [-0.05, 0) is 43.3 Å². The van der Waals surface area contributed by atoms with E-state index < -0.39 is 4.92 Å². The van der Waals surface area contributed by atoms with E-state index in [1.165, 1.54) is 12.1 Å². The Bertz CT molecular complexity index is 1140. The van der Waals surface area contributed by atoms with Gasteiger partial charge in [0.15, 0.2) is 5.82 Å². The molecule has 9 heteroatoms. The van der Waals surface area contributed by atoms with E-state index in [9.17, 15) is 14.9 Å². The molecule has 2 aromatic carbocycles. The Hall–Kier alpha value is -4.01. The minimum atomic E-state index is -0.442. The molecule has 0 bridgehead atoms. The van der Waals surface area contributed by atoms with Gasteiger partial charge in [-0.3, -0.25) is 14.9 Å². The number of carbonyl (C=O) groups excluding carboxylic acids is 1. The molecule has 0 radical (unpaired) electrons. The van der Waals surface area contributed by atoms with Crippen LogP contribution < -0.4 is 9.64 Å². The molecule has 32 heavy (non-hydrogen) atoms. The Labute approximate surface area is 185 Å². The molecule has 0 atom stereocenters. The topological polar surface area (TPSA) is 102 Å². The first-order valence-electron chi connectivity index (χ1n) is 10.2. The van der Waals surface area contributed by atoms with Gasteiger partial charge in [-0.25, -0.2) is 0 Å². The standard InChI is InChI=1S/C23H23N5O4/c1-16-14-18(6-8-21(16)28(30)31)23(29)27-12-10-26(11-13-27)22-9-7-20(24-25-22)17-4-3-5-19(15-17)32-2/h3-9,14-15H,10-13H2,1-2H3. The molecular weight excluding hydrogens is 410 g/mol. The molecule has 1 fully saturated rings. The highest BCUT2D eigenvalue weighted by atomic mass is 16.6. The predicted molar refractivity (Wildman–Crippen MR) is 120 cm³/mol. The second-order valence-corrected chi connectivity index (χ2v) is 7.55. The highest BCUT2D eigenvalue weighted by Crippen LogP contribution is 2.24. The highest BCUT2D eigenvalue weighted by Gasteiger charge is 2.24. The van der Waals surface area contributed by atoms with Gasteiger partial charge >= 0.3 is 0 Å². The number of ether oxygens (including phenoxy) is 1. The van der Waals surface area contributed by atoms with Crippen molar-refractivity contribution in [2.45, 2.75) is 6.92 Å². The summed E-state index contributed by atoms with van der Waals surface area (Å²) in [5.41, 5.74) is 2.64. The van der Waals surface area contributed by atoms with E-state index in [2.05, 4.69) is 15.1 Å². The van der Waals surface area contributed by atoms with E-state index >= 15 is 0 Å². The number of aromatic nitrogens is 2. The smallest absolute Gasteiger partial charge is 0.272 e. The summed E-state index contributed by atoms with van der Waals surface area (Å²) in [6.45, 7) is 3.97. The number of piperazine rings is 1. The minimum absolute atomic E-state index is 0.0161. The van der Waals surface area contributed by atoms with Crippen molar-refractivity contribution in [2.75, 3.05) is 38.2 Å². The Balaban J connectivity index is 1.39. The van der Waals surface area contributed by atoms with E-state index in [4.69, 9.17) is 4.74 Å². The zero-order valence-electron chi connectivity index (χ0n) is 17.9. The number of nitro groups is 1. The van der Waals surface area contributed by atoms with Crippen molar-refractivity contribution < 1.29 is 14.5 Å². The maximum Gasteiger partial charge on any atom is 0.272 e. The lowest BCUT2D eigenvalue weighted by Crippen LogP contribution is -2.49. The zero-order valence-corrected chi connectivity index (χ0v) is 17.9. The second kappa shape index (κ2) is 9.01. The van der Waals surface area contributed by atoms with E-state index in [1.807, 2.05) is 36.4 Å². The van der Waals surface area contributed by atoms with Crippen LogP contribution in [-0.2, 0) is 0 Å². The summed E-state index contributed by atoms with van der Waals surface area (Å²) < 4.78 is 5.26. The van der Waals surface area contributed by atoms with Crippen LogP contribution in [0.2, 0.25) is 0 Å². The second-order valence-electron chi connectivity index (χ2n) is 7.55. The van der Waals surface area contributed by atoms with Crippen molar-refractivity contribution in [3.05, 3.63) is 75.8 Å². The average Bonchev–Trinajstić information content (AvgIpc) is 2.83. The van der Waals surface area contributed by atoms with Gasteiger partial charge < -0.3 is 14.5 Å². The zero-order chi connectivity index (χ0) is 22.7. The third-order valence-electron chi connectivity index (χ3n) is 5.55. The summed E-state index contributed by atoms with van der Waals surface area (Å²) in [5.74, 6) is 1.40. The molecule has 9 nitrogen and oxygen atoms in total. The number of nitro benzene ring substituents is 1. The largest absolute Gasteiger partial charge is 0.497 e. The first kappa shape index (κ1) is 21.2. The van der Waals surface area contributed by atoms with Crippen LogP contribution in [-0.4, -0.2) is 59.2 Å². The van der Waals surface area contributed by atoms with Crippen molar-refractivity contribution in [1.82, 2.24) is 15.1 Å². The van der Waals surface area contributed by atoms with E-state index in [0.717, 1.165) is 22.8 Å². The molecule has 1 aliphatic rings. The van der Waals surface area contributed by atoms with E-state index in [1.54, 1.807) is 25.0 Å². The number of anilines is 1. The lowest BCUT2D eigenvalue weighted by molar-refractivity contribution is -0.385. The number of aryl methyl sites for hydroxylation is 1. The molecule has 1 aliphatic heterocycles. The number of methoxy groups -OCH3 is 1. The summed E-state index contributed by atoms with van der Waals surface area (Å²) in [5, 5.41) is 19.7. The van der Waals surface area contributed by atoms with Crippen molar-refractivity contribution in [3.8, 4) is 17.0 Å². The molecule has 0 saturated carbocycles. The average molecular weight is 433 g/mol. The minimum Gasteiger partial charge on any atom is -0.497 e. The molecule has 0 unspecified atom stereocenters. The molecule has 3 aromatic rings. The number of nitrogens with zero attached hydrogens (tertiary/aromatic N) is 5. The third kappa shape index (κ3) is 4.36. The Morgan fingerprint density at radius 2 is 1.81 bits per heavy atom. The number of amides is 1. The van der Waals surface area contributed by atoms with Crippen molar-refractivity contribution in [3.63, 3.8) is 0 Å². The van der Waals surface area contributed by atoms with Crippen LogP contribution in [0.5, 0.6) is 5.75 Å². The maximum atomic E-state index is 12.8. The Morgan fingerprint density at radius 1 is 1.03 bits per heavy atom. The fourth-order valence-corrected chi connectivity index (χ4v) is 3.74. The van der Waals surface area contributed by atoms with Crippen LogP contribution >= 0.6 is 0 Å². The molecule has 1 aromatic heterocycles. The van der Waals surface area contributed by atoms with Gasteiger partial charge in [0.1, 0.15) is 5.75 Å². The lowest BCUT2D eigenvalue weighted by atomic mass is 10.1. The van der Waals surface area contributed by atoms with Crippen molar-refractivity contribution in [1.29, 1.82) is 0 Å². The molecule has 0 aliphatic carbocycles. The van der Waals surface area contributed by atoms with Crippen LogP contribution in [0.4, 0.5) is 11.5 Å². The molecule has 0 spiro atoms. The fourth-order valence-electron chi connectivity index (χ4n) is 3.74. The normalized spacial score (nSPS) is 13.7. The van der Waals surface area contributed by atoms with Gasteiger partial charge in [0.25, 0.3) is 11.6 Å². The first-order chi connectivity index (χ1) is 15.5. The first-order valence-corrected chi connectivity index (χ1v) is 10.2. The monoisotopic (exact) mass is 433 g/mol. The molecule has 1 amide bonds. The number of benzene rings is 2.